The fourth-order valence-electron chi connectivity index (χ4n) is 3.79. The lowest BCUT2D eigenvalue weighted by Gasteiger charge is -2.16. The van der Waals surface area contributed by atoms with Crippen molar-refractivity contribution in [2.24, 2.45) is 0 Å². The first-order valence-electron chi connectivity index (χ1n) is 12.9. The van der Waals surface area contributed by atoms with Gasteiger partial charge in [-0.2, -0.15) is 0 Å². The third-order valence-corrected chi connectivity index (χ3v) is 5.96. The summed E-state index contributed by atoms with van der Waals surface area (Å²) in [5.41, 5.74) is -0.321. The summed E-state index contributed by atoms with van der Waals surface area (Å²) < 4.78 is 5.33. The molecule has 0 radical (unpaired) electrons. The summed E-state index contributed by atoms with van der Waals surface area (Å²) in [6, 6.07) is 1.37. The van der Waals surface area contributed by atoms with Gasteiger partial charge in [-0.1, -0.05) is 64.7 Å². The van der Waals surface area contributed by atoms with E-state index in [1.807, 2.05) is 0 Å². The Morgan fingerprint density at radius 3 is 2.09 bits per heavy atom. The number of hydrogen-bond acceptors (Lipinski definition) is 6. The third kappa shape index (κ3) is 14.4. The second kappa shape index (κ2) is 18.8. The highest BCUT2D eigenvalue weighted by molar-refractivity contribution is 5.69. The van der Waals surface area contributed by atoms with Crippen LogP contribution in [0.4, 0.5) is 5.69 Å². The first-order chi connectivity index (χ1) is 15.5. The Balaban J connectivity index is 1.80. The normalized spacial score (nSPS) is 11.3. The molecule has 0 aromatic heterocycles. The van der Waals surface area contributed by atoms with Crippen molar-refractivity contribution in [2.45, 2.75) is 103 Å². The molecule has 0 unspecified atom stereocenters. The molecule has 1 aromatic carbocycles. The largest absolute Gasteiger partial charge is 0.466 e. The zero-order chi connectivity index (χ0) is 23.4. The van der Waals surface area contributed by atoms with E-state index < -0.39 is 5.43 Å². The number of nitrogens with one attached hydrogen (secondary N) is 1. The average Bonchev–Trinajstić information content (AvgIpc) is 2.79. The molecule has 0 aliphatic heterocycles. The van der Waals surface area contributed by atoms with Gasteiger partial charge in [0.1, 0.15) is 0 Å². The first kappa shape index (κ1) is 28.3. The Morgan fingerprint density at radius 1 is 0.844 bits per heavy atom. The fourth-order valence-corrected chi connectivity index (χ4v) is 3.79. The Kier molecular flexibility index (Phi) is 16.7. The molecular formula is C26H46N2O4. The summed E-state index contributed by atoms with van der Waals surface area (Å²) in [6.07, 6.45) is 16.9. The van der Waals surface area contributed by atoms with Crippen LogP contribution in [-0.4, -0.2) is 44.2 Å². The maximum Gasteiger partial charge on any atom is 0.305 e. The van der Waals surface area contributed by atoms with Crippen molar-refractivity contribution >= 4 is 11.7 Å². The minimum absolute atomic E-state index is 0.0326. The van der Waals surface area contributed by atoms with Crippen LogP contribution in [0, 0.1) is 0 Å². The van der Waals surface area contributed by atoms with E-state index in [4.69, 9.17) is 4.74 Å². The smallest absolute Gasteiger partial charge is 0.305 e. The molecular weight excluding hydrogens is 404 g/mol. The number of anilines is 1. The molecule has 0 aliphatic rings. The molecule has 0 atom stereocenters. The minimum Gasteiger partial charge on any atom is -0.466 e. The van der Waals surface area contributed by atoms with Crippen molar-refractivity contribution in [3.8, 4) is 0 Å². The monoisotopic (exact) mass is 450 g/mol. The van der Waals surface area contributed by atoms with E-state index in [1.165, 1.54) is 63.9 Å². The van der Waals surface area contributed by atoms with Crippen molar-refractivity contribution in [3.05, 3.63) is 26.5 Å². The quantitative estimate of drug-likeness (QED) is 0.151. The van der Waals surface area contributed by atoms with Gasteiger partial charge >= 0.3 is 5.97 Å². The molecule has 184 valence electrons. The first-order valence-corrected chi connectivity index (χ1v) is 12.9. The lowest BCUT2D eigenvalue weighted by atomic mass is 10.1. The summed E-state index contributed by atoms with van der Waals surface area (Å²) in [5.74, 6) is -0.0326. The second-order valence-electron chi connectivity index (χ2n) is 9.05. The van der Waals surface area contributed by atoms with Gasteiger partial charge in [0.15, 0.2) is 0 Å². The van der Waals surface area contributed by atoms with Crippen LogP contribution < -0.4 is 16.2 Å². The highest BCUT2D eigenvalue weighted by Crippen LogP contribution is 2.09. The lowest BCUT2D eigenvalue weighted by molar-refractivity contribution is -0.143. The van der Waals surface area contributed by atoms with Gasteiger partial charge in [0.2, 0.25) is 10.9 Å². The van der Waals surface area contributed by atoms with Gasteiger partial charge in [-0.3, -0.25) is 14.4 Å². The van der Waals surface area contributed by atoms with Gasteiger partial charge in [-0.05, 0) is 52.2 Å². The van der Waals surface area contributed by atoms with Crippen LogP contribution in [0.3, 0.4) is 0 Å². The predicted molar refractivity (Wildman–Crippen MR) is 133 cm³/mol. The van der Waals surface area contributed by atoms with Crippen molar-refractivity contribution in [2.75, 3.05) is 38.6 Å². The topological polar surface area (TPSA) is 75.7 Å². The molecule has 6 heteroatoms. The van der Waals surface area contributed by atoms with E-state index in [0.717, 1.165) is 51.7 Å². The van der Waals surface area contributed by atoms with Crippen LogP contribution in [0.25, 0.3) is 0 Å². The highest BCUT2D eigenvalue weighted by Gasteiger charge is 2.07. The van der Waals surface area contributed by atoms with Crippen molar-refractivity contribution in [3.63, 3.8) is 0 Å². The number of carbonyl (C=O) groups is 1. The van der Waals surface area contributed by atoms with Gasteiger partial charge in [0.25, 0.3) is 0 Å². The minimum atomic E-state index is -0.397. The fraction of sp³-hybridized carbons (Fsp3) is 0.808. The molecule has 0 fully saturated rings. The molecule has 0 heterocycles. The Morgan fingerprint density at radius 2 is 1.44 bits per heavy atom. The Hall–Kier alpha value is -1.69. The van der Waals surface area contributed by atoms with E-state index in [2.05, 4.69) is 24.2 Å². The van der Waals surface area contributed by atoms with Crippen molar-refractivity contribution < 1.29 is 9.53 Å². The van der Waals surface area contributed by atoms with Crippen LogP contribution in [0.1, 0.15) is 103 Å². The van der Waals surface area contributed by atoms with Gasteiger partial charge in [0, 0.05) is 19.0 Å². The van der Waals surface area contributed by atoms with Gasteiger partial charge in [0.05, 0.1) is 12.3 Å². The number of nitrogens with zero attached hydrogens (tertiary/aromatic N) is 1. The Labute approximate surface area is 194 Å². The van der Waals surface area contributed by atoms with Gasteiger partial charge < -0.3 is 15.0 Å². The van der Waals surface area contributed by atoms with Gasteiger partial charge in [-0.15, -0.1) is 0 Å². The summed E-state index contributed by atoms with van der Waals surface area (Å²) in [4.78, 5) is 36.1. The molecule has 0 saturated heterocycles. The number of esters is 1. The molecule has 1 N–H and O–H groups in total. The summed E-state index contributed by atoms with van der Waals surface area (Å²) in [6.45, 7) is 5.68. The van der Waals surface area contributed by atoms with Crippen LogP contribution in [0.15, 0.2) is 15.7 Å². The summed E-state index contributed by atoms with van der Waals surface area (Å²) in [7, 11) is 2.14. The van der Waals surface area contributed by atoms with Crippen LogP contribution in [0.5, 0.6) is 0 Å². The van der Waals surface area contributed by atoms with E-state index in [9.17, 15) is 14.4 Å². The molecule has 0 aliphatic carbocycles. The SMILES string of the molecule is CCCCCCCCCOC(=O)CCCCCCCN(C)CCCCNc1cc(=O)c1=O. The molecule has 0 saturated carbocycles. The van der Waals surface area contributed by atoms with E-state index >= 15 is 0 Å². The second-order valence-corrected chi connectivity index (χ2v) is 9.05. The lowest BCUT2D eigenvalue weighted by Crippen LogP contribution is -2.32. The van der Waals surface area contributed by atoms with Crippen LogP contribution in [-0.2, 0) is 9.53 Å². The third-order valence-electron chi connectivity index (χ3n) is 5.96. The standard InChI is InChI=1S/C26H46N2O4/c1-3-4-5-6-7-11-16-21-32-25(30)17-12-9-8-10-14-19-28(2)20-15-13-18-27-23-22-24(29)26(23)31/h22,27H,3-21H2,1-2H3. The molecule has 6 nitrogen and oxygen atoms in total. The molecule has 0 spiro atoms. The number of hydrogen-bond donors (Lipinski definition) is 1. The number of ether oxygens (including phenoxy) is 1. The molecule has 1 aromatic rings. The van der Waals surface area contributed by atoms with E-state index in [0.29, 0.717) is 18.7 Å². The van der Waals surface area contributed by atoms with Crippen molar-refractivity contribution in [1.29, 1.82) is 0 Å². The van der Waals surface area contributed by atoms with Gasteiger partial charge in [-0.25, -0.2) is 0 Å². The highest BCUT2D eigenvalue weighted by atomic mass is 16.5. The van der Waals surface area contributed by atoms with Crippen LogP contribution >= 0.6 is 0 Å². The maximum absolute atomic E-state index is 11.8. The van der Waals surface area contributed by atoms with Crippen LogP contribution in [0.2, 0.25) is 0 Å². The maximum atomic E-state index is 11.8. The molecule has 0 bridgehead atoms. The van der Waals surface area contributed by atoms with E-state index in [-0.39, 0.29) is 11.4 Å². The predicted octanol–water partition coefficient (Wildman–Crippen LogP) is 5.04. The van der Waals surface area contributed by atoms with E-state index in [1.54, 1.807) is 0 Å². The van der Waals surface area contributed by atoms with Crippen molar-refractivity contribution in [1.82, 2.24) is 4.90 Å². The number of unbranched alkanes of at least 4 members (excludes halogenated alkanes) is 11. The number of rotatable bonds is 22. The molecule has 32 heavy (non-hydrogen) atoms. The summed E-state index contributed by atoms with van der Waals surface area (Å²) >= 11 is 0. The molecule has 0 amide bonds. The zero-order valence-electron chi connectivity index (χ0n) is 20.6. The Bertz CT molecular complexity index is 667. The summed E-state index contributed by atoms with van der Waals surface area (Å²) in [5, 5.41) is 3.02. The zero-order valence-corrected chi connectivity index (χ0v) is 20.6. The number of carbonyl (C=O) groups excluding carboxylic acids is 1. The average molecular weight is 451 g/mol. The molecule has 1 rings (SSSR count).